The Kier molecular flexibility index (Phi) is 9.67. The molecule has 1 heterocycles. The number of carbonyl (C=O) groups excluding carboxylic acids is 1. The number of nitrogens with one attached hydrogen (secondary N) is 1. The Morgan fingerprint density at radius 2 is 1.77 bits per heavy atom. The van der Waals surface area contributed by atoms with Gasteiger partial charge in [0.2, 0.25) is 5.91 Å². The van der Waals surface area contributed by atoms with Crippen LogP contribution < -0.4 is 14.8 Å². The second-order valence-corrected chi connectivity index (χ2v) is 7.86. The number of ether oxygens (including phenoxy) is 3. The minimum atomic E-state index is 0.0288. The number of rotatable bonds is 12. The highest BCUT2D eigenvalue weighted by atomic mass is 16.5. The summed E-state index contributed by atoms with van der Waals surface area (Å²) < 4.78 is 17.0. The third kappa shape index (κ3) is 8.59. The van der Waals surface area contributed by atoms with Crippen molar-refractivity contribution < 1.29 is 19.0 Å². The van der Waals surface area contributed by atoms with E-state index < -0.39 is 0 Å². The average molecular weight is 427 g/mol. The summed E-state index contributed by atoms with van der Waals surface area (Å²) in [7, 11) is 2.15. The van der Waals surface area contributed by atoms with Crippen molar-refractivity contribution in [2.75, 3.05) is 40.0 Å². The molecule has 0 aliphatic carbocycles. The molecular formula is C25H34N2O4. The summed E-state index contributed by atoms with van der Waals surface area (Å²) >= 11 is 0. The maximum Gasteiger partial charge on any atom is 0.220 e. The molecule has 1 N–H and O–H groups in total. The van der Waals surface area contributed by atoms with E-state index in [2.05, 4.69) is 17.3 Å². The molecule has 3 rings (SSSR count). The molecule has 6 nitrogen and oxygen atoms in total. The van der Waals surface area contributed by atoms with Crippen LogP contribution in [0.25, 0.3) is 0 Å². The van der Waals surface area contributed by atoms with Crippen molar-refractivity contribution in [3.05, 3.63) is 60.2 Å². The molecule has 1 saturated heterocycles. The fourth-order valence-electron chi connectivity index (χ4n) is 3.59. The monoisotopic (exact) mass is 426 g/mol. The lowest BCUT2D eigenvalue weighted by molar-refractivity contribution is -0.121. The van der Waals surface area contributed by atoms with Gasteiger partial charge >= 0.3 is 0 Å². The van der Waals surface area contributed by atoms with Gasteiger partial charge in [-0.05, 0) is 56.1 Å². The molecule has 1 aliphatic rings. The van der Waals surface area contributed by atoms with E-state index in [1.807, 2.05) is 54.6 Å². The van der Waals surface area contributed by atoms with Crippen LogP contribution in [-0.2, 0) is 16.1 Å². The van der Waals surface area contributed by atoms with Crippen LogP contribution in [0.15, 0.2) is 54.6 Å². The molecule has 1 aliphatic heterocycles. The normalized spacial score (nSPS) is 14.4. The zero-order valence-corrected chi connectivity index (χ0v) is 18.4. The number of hydrogen-bond donors (Lipinski definition) is 1. The van der Waals surface area contributed by atoms with E-state index >= 15 is 0 Å². The third-order valence-electron chi connectivity index (χ3n) is 5.48. The van der Waals surface area contributed by atoms with Gasteiger partial charge in [-0.1, -0.05) is 30.3 Å². The topological polar surface area (TPSA) is 60.0 Å². The van der Waals surface area contributed by atoms with E-state index in [9.17, 15) is 4.79 Å². The van der Waals surface area contributed by atoms with Crippen molar-refractivity contribution in [2.45, 2.75) is 38.3 Å². The second kappa shape index (κ2) is 13.0. The molecule has 0 radical (unpaired) electrons. The van der Waals surface area contributed by atoms with E-state index in [0.29, 0.717) is 38.6 Å². The van der Waals surface area contributed by atoms with Crippen LogP contribution in [0.2, 0.25) is 0 Å². The van der Waals surface area contributed by atoms with Crippen molar-refractivity contribution in [3.63, 3.8) is 0 Å². The van der Waals surface area contributed by atoms with E-state index in [1.54, 1.807) is 0 Å². The average Bonchev–Trinajstić information content (AvgIpc) is 2.82. The lowest BCUT2D eigenvalue weighted by Crippen LogP contribution is -2.38. The van der Waals surface area contributed by atoms with Crippen LogP contribution in [0.3, 0.4) is 0 Å². The quantitative estimate of drug-likeness (QED) is 0.525. The number of hydrogen-bond acceptors (Lipinski definition) is 5. The van der Waals surface area contributed by atoms with E-state index in [4.69, 9.17) is 14.2 Å². The predicted octanol–water partition coefficient (Wildman–Crippen LogP) is 3.65. The van der Waals surface area contributed by atoms with Crippen molar-refractivity contribution in [3.8, 4) is 11.5 Å². The Morgan fingerprint density at radius 1 is 1.03 bits per heavy atom. The van der Waals surface area contributed by atoms with Crippen molar-refractivity contribution in [2.24, 2.45) is 0 Å². The highest BCUT2D eigenvalue weighted by molar-refractivity contribution is 5.75. The van der Waals surface area contributed by atoms with Gasteiger partial charge in [0.1, 0.15) is 18.1 Å². The smallest absolute Gasteiger partial charge is 0.220 e. The summed E-state index contributed by atoms with van der Waals surface area (Å²) in [4.78, 5) is 14.5. The van der Waals surface area contributed by atoms with Gasteiger partial charge in [-0.3, -0.25) is 9.69 Å². The Balaban J connectivity index is 1.30. The Bertz CT molecular complexity index is 778. The van der Waals surface area contributed by atoms with Gasteiger partial charge in [-0.15, -0.1) is 0 Å². The molecule has 1 amide bonds. The minimum absolute atomic E-state index is 0.0288. The lowest BCUT2D eigenvalue weighted by Gasteiger charge is -2.31. The molecule has 0 atom stereocenters. The summed E-state index contributed by atoms with van der Waals surface area (Å²) in [6.07, 6.45) is 3.31. The molecule has 0 saturated carbocycles. The number of benzene rings is 2. The predicted molar refractivity (Wildman–Crippen MR) is 121 cm³/mol. The van der Waals surface area contributed by atoms with Crippen LogP contribution in [-0.4, -0.2) is 56.9 Å². The Morgan fingerprint density at radius 3 is 2.58 bits per heavy atom. The molecule has 6 heteroatoms. The van der Waals surface area contributed by atoms with Gasteiger partial charge in [0.25, 0.3) is 0 Å². The summed E-state index contributed by atoms with van der Waals surface area (Å²) in [5.74, 6) is 1.70. The van der Waals surface area contributed by atoms with Crippen LogP contribution in [0, 0.1) is 0 Å². The van der Waals surface area contributed by atoms with Gasteiger partial charge in [0.05, 0.1) is 6.61 Å². The maximum atomic E-state index is 12.1. The fraction of sp³-hybridized carbons (Fsp3) is 0.480. The van der Waals surface area contributed by atoms with Gasteiger partial charge in [0.15, 0.2) is 0 Å². The summed E-state index contributed by atoms with van der Waals surface area (Å²) in [6.45, 7) is 4.26. The molecule has 168 valence electrons. The van der Waals surface area contributed by atoms with E-state index in [1.165, 1.54) is 0 Å². The highest BCUT2D eigenvalue weighted by Crippen LogP contribution is 2.15. The van der Waals surface area contributed by atoms with Gasteiger partial charge in [-0.2, -0.15) is 0 Å². The number of carbonyl (C=O) groups is 1. The van der Waals surface area contributed by atoms with Crippen molar-refractivity contribution >= 4 is 5.91 Å². The fourth-order valence-corrected chi connectivity index (χ4v) is 3.59. The third-order valence-corrected chi connectivity index (χ3v) is 5.48. The Hall–Kier alpha value is -2.57. The molecular weight excluding hydrogens is 392 g/mol. The first kappa shape index (κ1) is 23.1. The maximum absolute atomic E-state index is 12.1. The number of para-hydroxylation sites is 1. The summed E-state index contributed by atoms with van der Waals surface area (Å²) in [6, 6.07) is 18.1. The SMILES string of the molecule is CN(CCOc1cccc(CNC(=O)CCCOc2ccccc2)c1)C1CCOCC1. The standard InChI is InChI=1S/C25H34N2O4/c1-27(22-12-16-29-17-13-22)14-18-31-24-10-5-7-21(19-24)20-26-25(28)11-6-15-30-23-8-3-2-4-9-23/h2-5,7-10,19,22H,6,11-18,20H2,1H3,(H,26,28). The molecule has 31 heavy (non-hydrogen) atoms. The van der Waals surface area contributed by atoms with Gasteiger partial charge in [-0.25, -0.2) is 0 Å². The summed E-state index contributed by atoms with van der Waals surface area (Å²) in [5.41, 5.74) is 1.03. The molecule has 2 aromatic carbocycles. The Labute approximate surface area is 185 Å². The first-order valence-electron chi connectivity index (χ1n) is 11.1. The first-order chi connectivity index (χ1) is 15.2. The van der Waals surface area contributed by atoms with Gasteiger partial charge < -0.3 is 19.5 Å². The largest absolute Gasteiger partial charge is 0.494 e. The van der Waals surface area contributed by atoms with Gasteiger partial charge in [0, 0.05) is 38.8 Å². The highest BCUT2D eigenvalue weighted by Gasteiger charge is 2.17. The zero-order valence-electron chi connectivity index (χ0n) is 18.4. The number of amides is 1. The zero-order chi connectivity index (χ0) is 21.7. The van der Waals surface area contributed by atoms with Crippen molar-refractivity contribution in [1.82, 2.24) is 10.2 Å². The molecule has 0 unspecified atom stereocenters. The molecule has 1 fully saturated rings. The first-order valence-corrected chi connectivity index (χ1v) is 11.1. The van der Waals surface area contributed by atoms with E-state index in [-0.39, 0.29) is 5.91 Å². The molecule has 0 spiro atoms. The second-order valence-electron chi connectivity index (χ2n) is 7.86. The summed E-state index contributed by atoms with van der Waals surface area (Å²) in [5, 5.41) is 2.97. The molecule has 2 aromatic rings. The number of nitrogens with zero attached hydrogens (tertiary/aromatic N) is 1. The van der Waals surface area contributed by atoms with Crippen LogP contribution in [0.1, 0.15) is 31.2 Å². The number of likely N-dealkylation sites (N-methyl/N-ethyl adjacent to an activating group) is 1. The van der Waals surface area contributed by atoms with Crippen LogP contribution in [0.5, 0.6) is 11.5 Å². The lowest BCUT2D eigenvalue weighted by atomic mass is 10.1. The molecule has 0 aromatic heterocycles. The molecule has 0 bridgehead atoms. The minimum Gasteiger partial charge on any atom is -0.494 e. The van der Waals surface area contributed by atoms with Crippen LogP contribution >= 0.6 is 0 Å². The van der Waals surface area contributed by atoms with E-state index in [0.717, 1.165) is 49.7 Å². The van der Waals surface area contributed by atoms with Crippen molar-refractivity contribution in [1.29, 1.82) is 0 Å². The van der Waals surface area contributed by atoms with Crippen LogP contribution in [0.4, 0.5) is 0 Å².